The highest BCUT2D eigenvalue weighted by molar-refractivity contribution is 5.74. The predicted molar refractivity (Wildman–Crippen MR) is 92.0 cm³/mol. The summed E-state index contributed by atoms with van der Waals surface area (Å²) in [5.74, 6) is 1.82. The Morgan fingerprint density at radius 1 is 1.29 bits per heavy atom. The molecule has 2 fully saturated rings. The molecule has 0 bridgehead atoms. The number of likely N-dealkylation sites (tertiary alicyclic amines) is 1. The number of hydrogen-bond acceptors (Lipinski definition) is 4. The van der Waals surface area contributed by atoms with Gasteiger partial charge in [0.15, 0.2) is 0 Å². The molecule has 0 aliphatic carbocycles. The summed E-state index contributed by atoms with van der Waals surface area (Å²) in [7, 11) is 0. The van der Waals surface area contributed by atoms with E-state index in [0.717, 1.165) is 57.2 Å². The Morgan fingerprint density at radius 3 is 2.75 bits per heavy atom. The van der Waals surface area contributed by atoms with Crippen molar-refractivity contribution < 1.29 is 13.9 Å². The van der Waals surface area contributed by atoms with Crippen LogP contribution in [-0.2, 0) is 4.74 Å². The number of piperidine rings is 1. The molecule has 2 unspecified atom stereocenters. The van der Waals surface area contributed by atoms with Crippen molar-refractivity contribution in [2.75, 3.05) is 39.4 Å². The largest absolute Gasteiger partial charge is 0.465 e. The minimum Gasteiger partial charge on any atom is -0.465 e. The molecule has 0 saturated carbocycles. The number of aryl methyl sites for hydroxylation is 1. The Hall–Kier alpha value is -1.53. The van der Waals surface area contributed by atoms with E-state index in [1.807, 2.05) is 24.0 Å². The number of carbonyl (C=O) groups excluding carboxylic acids is 1. The second-order valence-electron chi connectivity index (χ2n) is 6.84. The molecule has 2 amide bonds. The average Bonchev–Trinajstić information content (AvgIpc) is 3.02. The van der Waals surface area contributed by atoms with Gasteiger partial charge in [-0.2, -0.15) is 0 Å². The number of furan rings is 1. The molecule has 3 rings (SSSR count). The molecular formula is C18H29N3O3. The Bertz CT molecular complexity index is 539. The van der Waals surface area contributed by atoms with Crippen LogP contribution in [0.2, 0.25) is 0 Å². The Balaban J connectivity index is 1.64. The maximum Gasteiger partial charge on any atom is 0.317 e. The van der Waals surface area contributed by atoms with Gasteiger partial charge in [-0.3, -0.25) is 4.90 Å². The van der Waals surface area contributed by atoms with E-state index in [0.29, 0.717) is 12.6 Å². The molecule has 134 valence electrons. The minimum absolute atomic E-state index is 0.0451. The van der Waals surface area contributed by atoms with Crippen molar-refractivity contribution in [1.82, 2.24) is 15.1 Å². The van der Waals surface area contributed by atoms with Crippen LogP contribution in [-0.4, -0.2) is 61.3 Å². The summed E-state index contributed by atoms with van der Waals surface area (Å²) in [6, 6.07) is 4.43. The van der Waals surface area contributed by atoms with Crippen LogP contribution in [0.5, 0.6) is 0 Å². The number of ether oxygens (including phenoxy) is 1. The lowest BCUT2D eigenvalue weighted by Gasteiger charge is -2.36. The predicted octanol–water partition coefficient (Wildman–Crippen LogP) is 2.55. The van der Waals surface area contributed by atoms with Gasteiger partial charge < -0.3 is 19.4 Å². The smallest absolute Gasteiger partial charge is 0.317 e. The molecular weight excluding hydrogens is 306 g/mol. The molecule has 2 atom stereocenters. The number of morpholine rings is 1. The molecule has 3 heterocycles. The molecule has 0 spiro atoms. The monoisotopic (exact) mass is 335 g/mol. The summed E-state index contributed by atoms with van der Waals surface area (Å²) in [5, 5.41) is 3.13. The van der Waals surface area contributed by atoms with Gasteiger partial charge in [0.05, 0.1) is 19.3 Å². The molecule has 0 radical (unpaired) electrons. The summed E-state index contributed by atoms with van der Waals surface area (Å²) < 4.78 is 11.3. The zero-order valence-electron chi connectivity index (χ0n) is 14.8. The van der Waals surface area contributed by atoms with Crippen LogP contribution in [0, 0.1) is 6.92 Å². The van der Waals surface area contributed by atoms with Crippen LogP contribution in [0.15, 0.2) is 16.5 Å². The molecule has 6 nitrogen and oxygen atoms in total. The van der Waals surface area contributed by atoms with E-state index < -0.39 is 0 Å². The first-order valence-electron chi connectivity index (χ1n) is 9.08. The number of urea groups is 1. The van der Waals surface area contributed by atoms with Gasteiger partial charge in [-0.05, 0) is 45.2 Å². The van der Waals surface area contributed by atoms with Crippen LogP contribution >= 0.6 is 0 Å². The van der Waals surface area contributed by atoms with Crippen molar-refractivity contribution in [2.24, 2.45) is 0 Å². The fourth-order valence-electron chi connectivity index (χ4n) is 3.62. The molecule has 0 aromatic carbocycles. The summed E-state index contributed by atoms with van der Waals surface area (Å²) in [6.45, 7) is 8.69. The Labute approximate surface area is 144 Å². The minimum atomic E-state index is 0.0451. The highest BCUT2D eigenvalue weighted by atomic mass is 16.5. The third-order valence-corrected chi connectivity index (χ3v) is 5.09. The van der Waals surface area contributed by atoms with E-state index >= 15 is 0 Å². The van der Waals surface area contributed by atoms with Crippen LogP contribution in [0.3, 0.4) is 0 Å². The van der Waals surface area contributed by atoms with Gasteiger partial charge in [-0.25, -0.2) is 4.79 Å². The molecule has 24 heavy (non-hydrogen) atoms. The van der Waals surface area contributed by atoms with Gasteiger partial charge in [-0.15, -0.1) is 0 Å². The molecule has 1 aromatic rings. The van der Waals surface area contributed by atoms with Crippen LogP contribution < -0.4 is 5.32 Å². The van der Waals surface area contributed by atoms with Gasteiger partial charge in [0.25, 0.3) is 0 Å². The highest BCUT2D eigenvalue weighted by Crippen LogP contribution is 2.24. The number of amides is 2. The summed E-state index contributed by atoms with van der Waals surface area (Å²) >= 11 is 0. The number of nitrogens with zero attached hydrogens (tertiary/aromatic N) is 2. The first-order valence-corrected chi connectivity index (χ1v) is 9.08. The van der Waals surface area contributed by atoms with E-state index in [1.165, 1.54) is 6.42 Å². The molecule has 6 heteroatoms. The van der Waals surface area contributed by atoms with E-state index in [9.17, 15) is 4.79 Å². The third-order valence-electron chi connectivity index (χ3n) is 5.09. The molecule has 1 aromatic heterocycles. The van der Waals surface area contributed by atoms with Crippen molar-refractivity contribution in [3.8, 4) is 0 Å². The van der Waals surface area contributed by atoms with Crippen LogP contribution in [0.25, 0.3) is 0 Å². The summed E-state index contributed by atoms with van der Waals surface area (Å²) in [5.41, 5.74) is 0. The lowest BCUT2D eigenvalue weighted by molar-refractivity contribution is 0.0117. The first kappa shape index (κ1) is 17.3. The average molecular weight is 335 g/mol. The number of hydrogen-bond donors (Lipinski definition) is 1. The van der Waals surface area contributed by atoms with Crippen molar-refractivity contribution >= 4 is 6.03 Å². The number of carbonyl (C=O) groups is 1. The lowest BCUT2D eigenvalue weighted by Crippen LogP contribution is -2.50. The highest BCUT2D eigenvalue weighted by Gasteiger charge is 2.28. The molecule has 2 saturated heterocycles. The third kappa shape index (κ3) is 4.11. The number of nitrogens with one attached hydrogen (secondary N) is 1. The topological polar surface area (TPSA) is 58.0 Å². The van der Waals surface area contributed by atoms with Crippen LogP contribution in [0.1, 0.15) is 43.7 Å². The maximum atomic E-state index is 12.6. The van der Waals surface area contributed by atoms with Gasteiger partial charge in [0, 0.05) is 32.2 Å². The molecule has 2 aliphatic heterocycles. The van der Waals surface area contributed by atoms with Crippen molar-refractivity contribution in [1.29, 1.82) is 0 Å². The Kier molecular flexibility index (Phi) is 5.79. The van der Waals surface area contributed by atoms with Gasteiger partial charge in [0.1, 0.15) is 11.5 Å². The standard InChI is InChI=1S/C18H29N3O3/c1-14-5-3-4-8-21(14)18(22)19-13-16(17-7-6-15(2)24-17)20-9-11-23-12-10-20/h6-7,14,16H,3-5,8-13H2,1-2H3,(H,19,22). The van der Waals surface area contributed by atoms with Crippen molar-refractivity contribution in [3.05, 3.63) is 23.7 Å². The first-order chi connectivity index (χ1) is 11.6. The SMILES string of the molecule is Cc1ccc(C(CNC(=O)N2CCCCC2C)N2CCOCC2)o1. The van der Waals surface area contributed by atoms with Gasteiger partial charge in [-0.1, -0.05) is 0 Å². The normalized spacial score (nSPS) is 23.9. The zero-order valence-corrected chi connectivity index (χ0v) is 14.8. The van der Waals surface area contributed by atoms with E-state index in [4.69, 9.17) is 9.15 Å². The van der Waals surface area contributed by atoms with Gasteiger partial charge in [0.2, 0.25) is 0 Å². The van der Waals surface area contributed by atoms with Crippen molar-refractivity contribution in [3.63, 3.8) is 0 Å². The lowest BCUT2D eigenvalue weighted by atomic mass is 10.0. The van der Waals surface area contributed by atoms with E-state index in [-0.39, 0.29) is 12.1 Å². The molecule has 1 N–H and O–H groups in total. The van der Waals surface area contributed by atoms with Crippen LogP contribution in [0.4, 0.5) is 4.79 Å². The zero-order chi connectivity index (χ0) is 16.9. The van der Waals surface area contributed by atoms with E-state index in [1.54, 1.807) is 0 Å². The fraction of sp³-hybridized carbons (Fsp3) is 0.722. The quantitative estimate of drug-likeness (QED) is 0.919. The number of rotatable bonds is 4. The van der Waals surface area contributed by atoms with Gasteiger partial charge >= 0.3 is 6.03 Å². The Morgan fingerprint density at radius 2 is 2.08 bits per heavy atom. The molecule has 2 aliphatic rings. The van der Waals surface area contributed by atoms with Crippen molar-refractivity contribution in [2.45, 2.75) is 45.2 Å². The van der Waals surface area contributed by atoms with E-state index in [2.05, 4.69) is 17.1 Å². The maximum absolute atomic E-state index is 12.6. The summed E-state index contributed by atoms with van der Waals surface area (Å²) in [4.78, 5) is 16.9. The summed E-state index contributed by atoms with van der Waals surface area (Å²) in [6.07, 6.45) is 3.41. The fourth-order valence-corrected chi connectivity index (χ4v) is 3.62. The second kappa shape index (κ2) is 8.03. The second-order valence-corrected chi connectivity index (χ2v) is 6.84.